The molecule has 0 radical (unpaired) electrons. The smallest absolute Gasteiger partial charge is 0.262 e. The number of amides is 2. The van der Waals surface area contributed by atoms with Gasteiger partial charge >= 0.3 is 0 Å². The summed E-state index contributed by atoms with van der Waals surface area (Å²) in [6.07, 6.45) is 0. The molecule has 120 valence electrons. The van der Waals surface area contributed by atoms with E-state index in [9.17, 15) is 9.59 Å². The number of carbonyl (C=O) groups excluding carboxylic acids is 2. The minimum atomic E-state index is -0.208. The van der Waals surface area contributed by atoms with Gasteiger partial charge in [-0.3, -0.25) is 14.7 Å². The summed E-state index contributed by atoms with van der Waals surface area (Å²) >= 11 is 0. The summed E-state index contributed by atoms with van der Waals surface area (Å²) in [5.41, 5.74) is 3.84. The van der Waals surface area contributed by atoms with Crippen LogP contribution in [0.3, 0.4) is 0 Å². The van der Waals surface area contributed by atoms with Gasteiger partial charge in [0.15, 0.2) is 6.61 Å². The van der Waals surface area contributed by atoms with Gasteiger partial charge in [0.25, 0.3) is 11.8 Å². The van der Waals surface area contributed by atoms with E-state index in [-0.39, 0.29) is 24.5 Å². The molecule has 1 aromatic heterocycles. The first-order valence-electron chi connectivity index (χ1n) is 7.34. The van der Waals surface area contributed by atoms with E-state index < -0.39 is 0 Å². The molecule has 1 aliphatic rings. The van der Waals surface area contributed by atoms with E-state index in [4.69, 9.17) is 4.74 Å². The first-order valence-corrected chi connectivity index (χ1v) is 7.34. The summed E-state index contributed by atoms with van der Waals surface area (Å²) in [5, 5.41) is 12.7. The van der Waals surface area contributed by atoms with Crippen molar-refractivity contribution in [3.63, 3.8) is 0 Å². The van der Waals surface area contributed by atoms with Crippen molar-refractivity contribution >= 4 is 17.5 Å². The normalized spacial score (nSPS) is 14.5. The third-order valence-electron chi connectivity index (χ3n) is 3.84. The van der Waals surface area contributed by atoms with Crippen molar-refractivity contribution in [3.05, 3.63) is 40.7 Å². The van der Waals surface area contributed by atoms with Gasteiger partial charge in [0.05, 0.1) is 17.4 Å². The molecule has 0 saturated carbocycles. The van der Waals surface area contributed by atoms with Crippen LogP contribution in [0.15, 0.2) is 18.2 Å². The van der Waals surface area contributed by atoms with Gasteiger partial charge in [-0.15, -0.1) is 0 Å². The number of aryl methyl sites for hydroxylation is 2. The fourth-order valence-electron chi connectivity index (χ4n) is 2.77. The lowest BCUT2D eigenvalue weighted by molar-refractivity contribution is -0.118. The van der Waals surface area contributed by atoms with E-state index in [2.05, 4.69) is 20.8 Å². The van der Waals surface area contributed by atoms with Crippen LogP contribution in [-0.2, 0) is 4.79 Å². The Bertz CT molecular complexity index is 762. The number of nitrogens with zero attached hydrogens (tertiary/aromatic N) is 1. The minimum Gasteiger partial charge on any atom is -0.482 e. The van der Waals surface area contributed by atoms with Gasteiger partial charge in [-0.2, -0.15) is 5.10 Å². The van der Waals surface area contributed by atoms with Crippen LogP contribution in [-0.4, -0.2) is 28.6 Å². The molecule has 1 aromatic carbocycles. The molecular weight excluding hydrogens is 296 g/mol. The van der Waals surface area contributed by atoms with Gasteiger partial charge in [-0.25, -0.2) is 0 Å². The van der Waals surface area contributed by atoms with Crippen molar-refractivity contribution in [3.8, 4) is 5.75 Å². The number of hydrogen-bond donors (Lipinski definition) is 3. The zero-order chi connectivity index (χ0) is 16.6. The number of aromatic amines is 1. The lowest BCUT2D eigenvalue weighted by atomic mass is 10.1. The molecule has 7 heteroatoms. The number of ether oxygens (including phenoxy) is 1. The molecule has 0 saturated heterocycles. The van der Waals surface area contributed by atoms with Gasteiger partial charge in [0.2, 0.25) is 0 Å². The van der Waals surface area contributed by atoms with Crippen molar-refractivity contribution in [1.82, 2.24) is 15.5 Å². The van der Waals surface area contributed by atoms with E-state index in [0.717, 1.165) is 17.0 Å². The highest BCUT2D eigenvalue weighted by atomic mass is 16.5. The molecule has 0 aliphatic carbocycles. The maximum atomic E-state index is 12.4. The topological polar surface area (TPSA) is 96.1 Å². The summed E-state index contributed by atoms with van der Waals surface area (Å²) in [6.45, 7) is 5.70. The van der Waals surface area contributed by atoms with Crippen LogP contribution in [0, 0.1) is 13.8 Å². The fourth-order valence-corrected chi connectivity index (χ4v) is 2.77. The molecule has 0 spiro atoms. The van der Waals surface area contributed by atoms with Gasteiger partial charge < -0.3 is 15.4 Å². The standard InChI is InChI=1S/C16H18N4O3/c1-8(15-9(2)19-20-10(15)3)17-16(22)11-4-5-12-13(6-11)23-7-14(21)18-12/h4-6,8H,7H2,1-3H3,(H,17,22)(H,18,21)(H,19,20)/t8-/m0/s1. The Kier molecular flexibility index (Phi) is 3.77. The molecule has 3 rings (SSSR count). The number of nitrogens with one attached hydrogen (secondary N) is 3. The van der Waals surface area contributed by atoms with E-state index in [1.165, 1.54) is 0 Å². The Morgan fingerprint density at radius 1 is 1.39 bits per heavy atom. The molecule has 0 fully saturated rings. The molecule has 2 amide bonds. The lowest BCUT2D eigenvalue weighted by Crippen LogP contribution is -2.28. The molecule has 0 bridgehead atoms. The zero-order valence-corrected chi connectivity index (χ0v) is 13.2. The number of hydrogen-bond acceptors (Lipinski definition) is 4. The first kappa shape index (κ1) is 15.1. The molecule has 23 heavy (non-hydrogen) atoms. The summed E-state index contributed by atoms with van der Waals surface area (Å²) in [5.74, 6) is 0.0932. The molecule has 1 aliphatic heterocycles. The van der Waals surface area contributed by atoms with Gasteiger partial charge in [0, 0.05) is 16.8 Å². The van der Waals surface area contributed by atoms with Crippen molar-refractivity contribution < 1.29 is 14.3 Å². The first-order chi connectivity index (χ1) is 11.0. The van der Waals surface area contributed by atoms with Crippen molar-refractivity contribution in [2.45, 2.75) is 26.8 Å². The van der Waals surface area contributed by atoms with Gasteiger partial charge in [-0.05, 0) is 39.0 Å². The van der Waals surface area contributed by atoms with E-state index in [1.54, 1.807) is 18.2 Å². The highest BCUT2D eigenvalue weighted by Gasteiger charge is 2.20. The Labute approximate surface area is 133 Å². The maximum Gasteiger partial charge on any atom is 0.262 e. The molecular formula is C16H18N4O3. The maximum absolute atomic E-state index is 12.4. The highest BCUT2D eigenvalue weighted by Crippen LogP contribution is 2.29. The van der Waals surface area contributed by atoms with Crippen LogP contribution in [0.2, 0.25) is 0 Å². The highest BCUT2D eigenvalue weighted by molar-refractivity contribution is 5.99. The van der Waals surface area contributed by atoms with Crippen LogP contribution in [0.5, 0.6) is 5.75 Å². The number of benzene rings is 1. The van der Waals surface area contributed by atoms with Crippen LogP contribution < -0.4 is 15.4 Å². The molecule has 3 N–H and O–H groups in total. The third-order valence-corrected chi connectivity index (χ3v) is 3.84. The SMILES string of the molecule is Cc1n[nH]c(C)c1[C@H](C)NC(=O)c1ccc2c(c1)OCC(=O)N2. The molecule has 2 aromatic rings. The quantitative estimate of drug-likeness (QED) is 0.805. The zero-order valence-electron chi connectivity index (χ0n) is 13.2. The fraction of sp³-hybridized carbons (Fsp3) is 0.312. The largest absolute Gasteiger partial charge is 0.482 e. The van der Waals surface area contributed by atoms with Crippen molar-refractivity contribution in [2.24, 2.45) is 0 Å². The number of fused-ring (bicyclic) bond motifs is 1. The second kappa shape index (κ2) is 5.75. The molecule has 7 nitrogen and oxygen atoms in total. The number of rotatable bonds is 3. The lowest BCUT2D eigenvalue weighted by Gasteiger charge is -2.19. The van der Waals surface area contributed by atoms with E-state index >= 15 is 0 Å². The second-order valence-electron chi connectivity index (χ2n) is 5.59. The summed E-state index contributed by atoms with van der Waals surface area (Å²) in [7, 11) is 0. The van der Waals surface area contributed by atoms with E-state index in [1.807, 2.05) is 20.8 Å². The summed E-state index contributed by atoms with van der Waals surface area (Å²) < 4.78 is 5.33. The summed E-state index contributed by atoms with van der Waals surface area (Å²) in [6, 6.07) is 4.79. The molecule has 0 unspecified atom stereocenters. The predicted molar refractivity (Wildman–Crippen MR) is 84.5 cm³/mol. The molecule has 1 atom stereocenters. The van der Waals surface area contributed by atoms with E-state index in [0.29, 0.717) is 17.0 Å². The Hall–Kier alpha value is -2.83. The van der Waals surface area contributed by atoms with Crippen molar-refractivity contribution in [1.29, 1.82) is 0 Å². The van der Waals surface area contributed by atoms with Gasteiger partial charge in [-0.1, -0.05) is 0 Å². The minimum absolute atomic E-state index is 0.0398. The summed E-state index contributed by atoms with van der Waals surface area (Å²) in [4.78, 5) is 23.7. The average molecular weight is 314 g/mol. The number of H-pyrrole nitrogens is 1. The van der Waals surface area contributed by atoms with Crippen LogP contribution in [0.1, 0.15) is 40.3 Å². The average Bonchev–Trinajstić information content (AvgIpc) is 2.85. The Balaban J connectivity index is 1.77. The number of anilines is 1. The number of carbonyl (C=O) groups is 2. The monoisotopic (exact) mass is 314 g/mol. The van der Waals surface area contributed by atoms with Crippen LogP contribution in [0.25, 0.3) is 0 Å². The second-order valence-corrected chi connectivity index (χ2v) is 5.59. The van der Waals surface area contributed by atoms with Gasteiger partial charge in [0.1, 0.15) is 5.75 Å². The van der Waals surface area contributed by atoms with Crippen LogP contribution >= 0.6 is 0 Å². The van der Waals surface area contributed by atoms with Crippen LogP contribution in [0.4, 0.5) is 5.69 Å². The Morgan fingerprint density at radius 2 is 2.17 bits per heavy atom. The Morgan fingerprint density at radius 3 is 2.87 bits per heavy atom. The van der Waals surface area contributed by atoms with Crippen molar-refractivity contribution in [2.75, 3.05) is 11.9 Å². The number of aromatic nitrogens is 2. The predicted octanol–water partition coefficient (Wildman–Crippen LogP) is 1.85. The third kappa shape index (κ3) is 2.90. The molecule has 2 heterocycles.